The standard InChI is InChI=1S/C31H50ClN3O2/c1-4-5-6-7-8-9-10-11-12-13-14-15-16-17-18-19-21-33-31(36)29-20-22-35(34-29)25-37-28-23-26(2)30(32)27(3)24-28/h20,22-24H,4-19,21,25H2,1-3H3,(H,33,36). The number of halogens is 1. The van der Waals surface area contributed by atoms with Crippen LogP contribution in [0.15, 0.2) is 24.4 Å². The van der Waals surface area contributed by atoms with Crippen LogP contribution in [-0.2, 0) is 6.73 Å². The molecule has 208 valence electrons. The van der Waals surface area contributed by atoms with E-state index in [9.17, 15) is 4.79 Å². The lowest BCUT2D eigenvalue weighted by Crippen LogP contribution is -2.25. The predicted octanol–water partition coefficient (Wildman–Crippen LogP) is 9.18. The summed E-state index contributed by atoms with van der Waals surface area (Å²) in [6.45, 7) is 7.13. The smallest absolute Gasteiger partial charge is 0.271 e. The number of carbonyl (C=O) groups excluding carboxylic acids is 1. The van der Waals surface area contributed by atoms with E-state index in [-0.39, 0.29) is 12.6 Å². The quantitative estimate of drug-likeness (QED) is 0.163. The van der Waals surface area contributed by atoms with Gasteiger partial charge in [-0.3, -0.25) is 4.79 Å². The normalized spacial score (nSPS) is 11.1. The number of amides is 1. The number of nitrogens with one attached hydrogen (secondary N) is 1. The lowest BCUT2D eigenvalue weighted by molar-refractivity contribution is 0.0946. The van der Waals surface area contributed by atoms with E-state index in [1.165, 1.54) is 96.3 Å². The summed E-state index contributed by atoms with van der Waals surface area (Å²) < 4.78 is 7.44. The monoisotopic (exact) mass is 531 g/mol. The number of hydrogen-bond acceptors (Lipinski definition) is 3. The number of aromatic nitrogens is 2. The van der Waals surface area contributed by atoms with Crippen molar-refractivity contribution in [3.63, 3.8) is 0 Å². The lowest BCUT2D eigenvalue weighted by Gasteiger charge is -2.10. The van der Waals surface area contributed by atoms with Crippen LogP contribution >= 0.6 is 11.6 Å². The number of hydrogen-bond donors (Lipinski definition) is 1. The molecule has 0 radical (unpaired) electrons. The summed E-state index contributed by atoms with van der Waals surface area (Å²) in [6.07, 6.45) is 23.3. The Balaban J connectivity index is 1.43. The number of carbonyl (C=O) groups is 1. The highest BCUT2D eigenvalue weighted by atomic mass is 35.5. The summed E-state index contributed by atoms with van der Waals surface area (Å²) in [5.41, 5.74) is 2.38. The van der Waals surface area contributed by atoms with Crippen LogP contribution in [0.2, 0.25) is 5.02 Å². The van der Waals surface area contributed by atoms with Crippen molar-refractivity contribution in [2.24, 2.45) is 0 Å². The first-order valence-electron chi connectivity index (χ1n) is 14.7. The van der Waals surface area contributed by atoms with Gasteiger partial charge in [0, 0.05) is 17.8 Å². The molecule has 0 aliphatic rings. The van der Waals surface area contributed by atoms with E-state index >= 15 is 0 Å². The Morgan fingerprint density at radius 3 is 1.84 bits per heavy atom. The minimum atomic E-state index is -0.127. The van der Waals surface area contributed by atoms with Gasteiger partial charge in [0.1, 0.15) is 11.4 Å². The maximum Gasteiger partial charge on any atom is 0.271 e. The van der Waals surface area contributed by atoms with Crippen molar-refractivity contribution in [1.82, 2.24) is 15.1 Å². The third kappa shape index (κ3) is 13.4. The van der Waals surface area contributed by atoms with Crippen LogP contribution in [0.3, 0.4) is 0 Å². The maximum absolute atomic E-state index is 12.4. The number of rotatable bonds is 21. The molecular formula is C31H50ClN3O2. The van der Waals surface area contributed by atoms with Gasteiger partial charge in [-0.15, -0.1) is 0 Å². The van der Waals surface area contributed by atoms with E-state index in [2.05, 4.69) is 17.3 Å². The number of nitrogens with zero attached hydrogens (tertiary/aromatic N) is 2. The zero-order valence-electron chi connectivity index (χ0n) is 23.6. The van der Waals surface area contributed by atoms with E-state index in [0.29, 0.717) is 12.2 Å². The molecule has 1 amide bonds. The van der Waals surface area contributed by atoms with Crippen molar-refractivity contribution in [3.05, 3.63) is 46.2 Å². The van der Waals surface area contributed by atoms with Gasteiger partial charge in [0.25, 0.3) is 5.91 Å². The summed E-state index contributed by atoms with van der Waals surface area (Å²) in [5.74, 6) is 0.613. The van der Waals surface area contributed by atoms with Gasteiger partial charge in [-0.25, -0.2) is 4.68 Å². The first-order chi connectivity index (χ1) is 18.0. The SMILES string of the molecule is CCCCCCCCCCCCCCCCCCNC(=O)c1ccn(COc2cc(C)c(Cl)c(C)c2)n1. The fourth-order valence-corrected chi connectivity index (χ4v) is 4.76. The van der Waals surface area contributed by atoms with Crippen molar-refractivity contribution in [2.75, 3.05) is 6.54 Å². The molecule has 5 nitrogen and oxygen atoms in total. The van der Waals surface area contributed by atoms with Gasteiger partial charge >= 0.3 is 0 Å². The molecular weight excluding hydrogens is 482 g/mol. The van der Waals surface area contributed by atoms with Gasteiger partial charge in [0.2, 0.25) is 0 Å². The molecule has 0 fully saturated rings. The number of unbranched alkanes of at least 4 members (excludes halogenated alkanes) is 15. The largest absolute Gasteiger partial charge is 0.471 e. The Morgan fingerprint density at radius 1 is 0.838 bits per heavy atom. The molecule has 0 saturated heterocycles. The molecule has 1 aromatic heterocycles. The van der Waals surface area contributed by atoms with Crippen molar-refractivity contribution >= 4 is 17.5 Å². The van der Waals surface area contributed by atoms with Crippen molar-refractivity contribution in [2.45, 2.75) is 130 Å². The molecule has 0 aliphatic heterocycles. The van der Waals surface area contributed by atoms with Crippen molar-refractivity contribution < 1.29 is 9.53 Å². The van der Waals surface area contributed by atoms with E-state index in [1.54, 1.807) is 16.9 Å². The first kappa shape index (κ1) is 31.2. The molecule has 1 N–H and O–H groups in total. The fourth-order valence-electron chi connectivity index (χ4n) is 4.65. The van der Waals surface area contributed by atoms with Crippen molar-refractivity contribution in [3.8, 4) is 5.75 Å². The highest BCUT2D eigenvalue weighted by Crippen LogP contribution is 2.26. The van der Waals surface area contributed by atoms with Gasteiger partial charge in [-0.05, 0) is 49.6 Å². The van der Waals surface area contributed by atoms with Crippen molar-refractivity contribution in [1.29, 1.82) is 0 Å². The van der Waals surface area contributed by atoms with Gasteiger partial charge in [-0.2, -0.15) is 5.10 Å². The number of aryl methyl sites for hydroxylation is 2. The average Bonchev–Trinajstić information content (AvgIpc) is 3.37. The summed E-state index contributed by atoms with van der Waals surface area (Å²) in [4.78, 5) is 12.4. The summed E-state index contributed by atoms with van der Waals surface area (Å²) in [7, 11) is 0. The fraction of sp³-hybridized carbons (Fsp3) is 0.677. The second kappa shape index (κ2) is 19.1. The van der Waals surface area contributed by atoms with E-state index in [4.69, 9.17) is 16.3 Å². The number of ether oxygens (including phenoxy) is 1. The van der Waals surface area contributed by atoms with E-state index in [1.807, 2.05) is 26.0 Å². The van der Waals surface area contributed by atoms with Gasteiger partial charge in [-0.1, -0.05) is 115 Å². The summed E-state index contributed by atoms with van der Waals surface area (Å²) in [6, 6.07) is 5.54. The first-order valence-corrected chi connectivity index (χ1v) is 15.1. The molecule has 0 atom stereocenters. The van der Waals surface area contributed by atoms with Gasteiger partial charge in [0.05, 0.1) is 0 Å². The zero-order chi connectivity index (χ0) is 26.7. The molecule has 1 aromatic carbocycles. The van der Waals surface area contributed by atoms with E-state index < -0.39 is 0 Å². The Labute approximate surface area is 230 Å². The molecule has 2 rings (SSSR count). The van der Waals surface area contributed by atoms with Crippen LogP contribution in [0.25, 0.3) is 0 Å². The molecule has 0 bridgehead atoms. The second-order valence-corrected chi connectivity index (χ2v) is 10.8. The Bertz CT molecular complexity index is 873. The zero-order valence-corrected chi connectivity index (χ0v) is 24.4. The molecule has 0 spiro atoms. The van der Waals surface area contributed by atoms with Crippen LogP contribution in [0.5, 0.6) is 5.75 Å². The van der Waals surface area contributed by atoms with Crippen LogP contribution in [0.1, 0.15) is 131 Å². The minimum absolute atomic E-state index is 0.127. The number of benzene rings is 1. The molecule has 6 heteroatoms. The summed E-state index contributed by atoms with van der Waals surface area (Å²) >= 11 is 6.21. The molecule has 2 aromatic rings. The second-order valence-electron chi connectivity index (χ2n) is 10.4. The maximum atomic E-state index is 12.4. The Kier molecular flexibility index (Phi) is 16.1. The molecule has 0 saturated carbocycles. The Hall–Kier alpha value is -2.01. The Morgan fingerprint density at radius 2 is 1.32 bits per heavy atom. The molecule has 0 unspecified atom stereocenters. The minimum Gasteiger partial charge on any atom is -0.471 e. The predicted molar refractivity (Wildman–Crippen MR) is 156 cm³/mol. The molecule has 1 heterocycles. The topological polar surface area (TPSA) is 56.2 Å². The van der Waals surface area contributed by atoms with Crippen LogP contribution in [-0.4, -0.2) is 22.2 Å². The lowest BCUT2D eigenvalue weighted by atomic mass is 10.0. The highest BCUT2D eigenvalue weighted by molar-refractivity contribution is 6.32. The van der Waals surface area contributed by atoms with Crippen LogP contribution in [0.4, 0.5) is 0 Å². The third-order valence-corrected chi connectivity index (χ3v) is 7.56. The average molecular weight is 532 g/mol. The van der Waals surface area contributed by atoms with Gasteiger partial charge < -0.3 is 10.1 Å². The van der Waals surface area contributed by atoms with Crippen LogP contribution in [0, 0.1) is 13.8 Å². The van der Waals surface area contributed by atoms with Gasteiger partial charge in [0.15, 0.2) is 6.73 Å². The third-order valence-electron chi connectivity index (χ3n) is 6.96. The summed E-state index contributed by atoms with van der Waals surface area (Å²) in [5, 5.41) is 8.08. The molecule has 0 aliphatic carbocycles. The van der Waals surface area contributed by atoms with Crippen LogP contribution < -0.4 is 10.1 Å². The highest BCUT2D eigenvalue weighted by Gasteiger charge is 2.09. The van der Waals surface area contributed by atoms with E-state index in [0.717, 1.165) is 28.3 Å². The molecule has 37 heavy (non-hydrogen) atoms.